The largest absolute Gasteiger partial charge is 0.328 e. The lowest BCUT2D eigenvalue weighted by Gasteiger charge is -2.00. The van der Waals surface area contributed by atoms with E-state index in [0.717, 1.165) is 22.0 Å². The van der Waals surface area contributed by atoms with Crippen LogP contribution in [-0.4, -0.2) is 30.1 Å². The Morgan fingerprint density at radius 3 is 2.63 bits per heavy atom. The zero-order valence-electron chi connectivity index (χ0n) is 16.0. The van der Waals surface area contributed by atoms with Gasteiger partial charge in [0.15, 0.2) is 5.78 Å². The molecule has 0 aliphatic rings. The number of carbonyl (C=O) groups is 1. The minimum Gasteiger partial charge on any atom is -0.313 e. The third-order valence-corrected chi connectivity index (χ3v) is 4.56. The number of ketones is 1. The van der Waals surface area contributed by atoms with Crippen molar-refractivity contribution >= 4 is 11.9 Å². The summed E-state index contributed by atoms with van der Waals surface area (Å²) in [6, 6.07) is 13.3. The summed E-state index contributed by atoms with van der Waals surface area (Å²) in [5.41, 5.74) is 1.63. The molecule has 0 unspecified atom stereocenters. The smallest absolute Gasteiger partial charge is 0.313 e. The van der Waals surface area contributed by atoms with Crippen LogP contribution in [0.2, 0.25) is 0 Å². The molecule has 4 aromatic rings. The monoisotopic (exact) mass is 399 g/mol. The van der Waals surface area contributed by atoms with Gasteiger partial charge in [-0.3, -0.25) is 19.1 Å². The van der Waals surface area contributed by atoms with E-state index in [1.54, 1.807) is 35.4 Å². The number of hydrogen-bond acceptors (Lipinski definition) is 5. The van der Waals surface area contributed by atoms with Crippen molar-refractivity contribution in [2.24, 2.45) is 7.05 Å². The Kier molecular flexibility index (Phi) is 5.04. The predicted molar refractivity (Wildman–Crippen MR) is 112 cm³/mol. The van der Waals surface area contributed by atoms with Gasteiger partial charge in [0.25, 0.3) is 5.56 Å². The number of benzene rings is 1. The highest BCUT2D eigenvalue weighted by Crippen LogP contribution is 2.24. The highest BCUT2D eigenvalue weighted by Gasteiger charge is 2.13. The summed E-state index contributed by atoms with van der Waals surface area (Å²) in [6.45, 7) is 0. The zero-order chi connectivity index (χ0) is 21.1. The molecular weight excluding hydrogens is 382 g/mol. The van der Waals surface area contributed by atoms with E-state index in [9.17, 15) is 14.4 Å². The van der Waals surface area contributed by atoms with Gasteiger partial charge in [0.1, 0.15) is 11.3 Å². The highest BCUT2D eigenvalue weighted by molar-refractivity contribution is 6.06. The van der Waals surface area contributed by atoms with Crippen molar-refractivity contribution < 1.29 is 4.79 Å². The second-order valence-corrected chi connectivity index (χ2v) is 6.52. The highest BCUT2D eigenvalue weighted by atomic mass is 16.2. The van der Waals surface area contributed by atoms with Gasteiger partial charge in [-0.25, -0.2) is 9.48 Å². The van der Waals surface area contributed by atoms with Crippen LogP contribution in [0.3, 0.4) is 0 Å². The maximum atomic E-state index is 12.6. The summed E-state index contributed by atoms with van der Waals surface area (Å²) in [7, 11) is 1.31. The molecule has 0 spiro atoms. The molecule has 0 bridgehead atoms. The van der Waals surface area contributed by atoms with Crippen molar-refractivity contribution in [1.82, 2.24) is 24.3 Å². The fourth-order valence-electron chi connectivity index (χ4n) is 2.95. The van der Waals surface area contributed by atoms with E-state index < -0.39 is 17.0 Å². The van der Waals surface area contributed by atoms with Crippen molar-refractivity contribution in [3.05, 3.63) is 105 Å². The first kappa shape index (κ1) is 19.0. The van der Waals surface area contributed by atoms with E-state index >= 15 is 0 Å². The molecule has 3 heterocycles. The van der Waals surface area contributed by atoms with Crippen LogP contribution >= 0.6 is 0 Å². The standard InChI is InChI=1S/C22H17N5O3/c1-26-21(29)18(13-24-22(26)30)19(28)10-9-16-14-27(17-7-3-2-4-8-17)25-20(16)15-6-5-11-23-12-15/h2-14H,1H3,(H,24,30)/b10-9+. The van der Waals surface area contributed by atoms with Crippen LogP contribution in [0.4, 0.5) is 0 Å². The molecule has 30 heavy (non-hydrogen) atoms. The summed E-state index contributed by atoms with van der Waals surface area (Å²) in [5.74, 6) is -0.517. The number of aromatic amines is 1. The van der Waals surface area contributed by atoms with Gasteiger partial charge in [-0.2, -0.15) is 5.10 Å². The number of hydrogen-bond donors (Lipinski definition) is 1. The second-order valence-electron chi connectivity index (χ2n) is 6.52. The molecule has 1 aromatic carbocycles. The summed E-state index contributed by atoms with van der Waals surface area (Å²) in [4.78, 5) is 42.8. The molecule has 148 valence electrons. The Bertz CT molecular complexity index is 1350. The molecular formula is C22H17N5O3. The molecule has 0 atom stereocenters. The van der Waals surface area contributed by atoms with Crippen LogP contribution < -0.4 is 11.2 Å². The van der Waals surface area contributed by atoms with Gasteiger partial charge in [0.2, 0.25) is 0 Å². The average Bonchev–Trinajstić information content (AvgIpc) is 3.21. The quantitative estimate of drug-likeness (QED) is 0.409. The van der Waals surface area contributed by atoms with E-state index in [-0.39, 0.29) is 5.56 Å². The van der Waals surface area contributed by atoms with Crippen molar-refractivity contribution in [2.75, 3.05) is 0 Å². The fourth-order valence-corrected chi connectivity index (χ4v) is 2.95. The molecule has 4 rings (SSSR count). The lowest BCUT2D eigenvalue weighted by molar-refractivity contribution is 0.104. The number of pyridine rings is 1. The normalized spacial score (nSPS) is 11.1. The molecule has 1 N–H and O–H groups in total. The van der Waals surface area contributed by atoms with E-state index in [1.165, 1.54) is 13.1 Å². The van der Waals surface area contributed by atoms with Gasteiger partial charge >= 0.3 is 5.69 Å². The molecule has 0 fully saturated rings. The second kappa shape index (κ2) is 7.96. The fraction of sp³-hybridized carbons (Fsp3) is 0.0455. The van der Waals surface area contributed by atoms with Gasteiger partial charge in [-0.1, -0.05) is 18.2 Å². The Balaban J connectivity index is 1.75. The Morgan fingerprint density at radius 2 is 1.90 bits per heavy atom. The van der Waals surface area contributed by atoms with Crippen molar-refractivity contribution in [3.8, 4) is 16.9 Å². The first-order valence-electron chi connectivity index (χ1n) is 9.11. The van der Waals surface area contributed by atoms with Crippen LogP contribution in [0.15, 0.2) is 82.9 Å². The number of para-hydroxylation sites is 1. The topological polar surface area (TPSA) is 103 Å². The van der Waals surface area contributed by atoms with Crippen molar-refractivity contribution in [2.45, 2.75) is 0 Å². The van der Waals surface area contributed by atoms with Gasteiger partial charge in [0.05, 0.1) is 5.69 Å². The first-order chi connectivity index (χ1) is 14.5. The van der Waals surface area contributed by atoms with Gasteiger partial charge in [-0.05, 0) is 36.4 Å². The Morgan fingerprint density at radius 1 is 1.10 bits per heavy atom. The molecule has 0 aliphatic carbocycles. The van der Waals surface area contributed by atoms with Crippen molar-refractivity contribution in [1.29, 1.82) is 0 Å². The number of aromatic nitrogens is 5. The zero-order valence-corrected chi connectivity index (χ0v) is 16.0. The number of nitrogens with one attached hydrogen (secondary N) is 1. The summed E-state index contributed by atoms with van der Waals surface area (Å²) in [6.07, 6.45) is 9.18. The summed E-state index contributed by atoms with van der Waals surface area (Å²) < 4.78 is 2.57. The Labute approximate surface area is 170 Å². The lowest BCUT2D eigenvalue weighted by Crippen LogP contribution is -2.35. The summed E-state index contributed by atoms with van der Waals surface area (Å²) >= 11 is 0. The van der Waals surface area contributed by atoms with Crippen molar-refractivity contribution in [3.63, 3.8) is 0 Å². The third-order valence-electron chi connectivity index (χ3n) is 4.56. The van der Waals surface area contributed by atoms with Crippen LogP contribution in [0, 0.1) is 0 Å². The van der Waals surface area contributed by atoms with Gasteiger partial charge in [0, 0.05) is 43.0 Å². The van der Waals surface area contributed by atoms with Crippen LogP contribution in [0.25, 0.3) is 23.0 Å². The maximum Gasteiger partial charge on any atom is 0.328 e. The molecule has 0 saturated heterocycles. The molecule has 0 radical (unpaired) electrons. The minimum atomic E-state index is -0.652. The molecule has 0 aliphatic heterocycles. The number of H-pyrrole nitrogens is 1. The predicted octanol–water partition coefficient (Wildman–Crippen LogP) is 2.22. The number of rotatable bonds is 5. The number of carbonyl (C=O) groups excluding carboxylic acids is 1. The van der Waals surface area contributed by atoms with Crippen LogP contribution in [0.1, 0.15) is 15.9 Å². The summed E-state index contributed by atoms with van der Waals surface area (Å²) in [5, 5.41) is 4.65. The number of allylic oxidation sites excluding steroid dienone is 1. The van der Waals surface area contributed by atoms with Crippen LogP contribution in [0.5, 0.6) is 0 Å². The van der Waals surface area contributed by atoms with E-state index in [1.807, 2.05) is 36.4 Å². The minimum absolute atomic E-state index is 0.119. The van der Waals surface area contributed by atoms with E-state index in [2.05, 4.69) is 15.1 Å². The van der Waals surface area contributed by atoms with Crippen LogP contribution in [-0.2, 0) is 7.05 Å². The molecule has 3 aromatic heterocycles. The maximum absolute atomic E-state index is 12.6. The molecule has 8 nitrogen and oxygen atoms in total. The van der Waals surface area contributed by atoms with Gasteiger partial charge < -0.3 is 4.98 Å². The van der Waals surface area contributed by atoms with E-state index in [4.69, 9.17) is 0 Å². The van der Waals surface area contributed by atoms with E-state index in [0.29, 0.717) is 11.3 Å². The number of nitrogens with zero attached hydrogens (tertiary/aromatic N) is 4. The Hall–Kier alpha value is -4.33. The molecule has 8 heteroatoms. The SMILES string of the molecule is Cn1c(=O)[nH]cc(C(=O)/C=C/c2cn(-c3ccccc3)nc2-c2cccnc2)c1=O. The average molecular weight is 399 g/mol. The lowest BCUT2D eigenvalue weighted by atomic mass is 10.1. The van der Waals surface area contributed by atoms with Gasteiger partial charge in [-0.15, -0.1) is 0 Å². The molecule has 0 saturated carbocycles. The first-order valence-corrected chi connectivity index (χ1v) is 9.11. The molecule has 0 amide bonds. The third kappa shape index (κ3) is 3.66.